The minimum absolute atomic E-state index is 0.129. The Morgan fingerprint density at radius 1 is 1.40 bits per heavy atom. The molecule has 4 nitrogen and oxygen atoms in total. The summed E-state index contributed by atoms with van der Waals surface area (Å²) in [4.78, 5) is 6.43. The molecule has 1 rings (SSSR count). The van der Waals surface area contributed by atoms with Gasteiger partial charge in [-0.15, -0.1) is 0 Å². The number of hydrogen-bond donors (Lipinski definition) is 0. The van der Waals surface area contributed by atoms with Crippen molar-refractivity contribution in [1.82, 2.24) is 4.90 Å². The fourth-order valence-electron chi connectivity index (χ4n) is 1.25. The first kappa shape index (κ1) is 11.6. The lowest BCUT2D eigenvalue weighted by Crippen LogP contribution is -2.26. The summed E-state index contributed by atoms with van der Waals surface area (Å²) in [6.07, 6.45) is 0. The highest BCUT2D eigenvalue weighted by Gasteiger charge is 2.19. The predicted molar refractivity (Wildman–Crippen MR) is 61.1 cm³/mol. The molecule has 0 unspecified atom stereocenters. The highest BCUT2D eigenvalue weighted by Crippen LogP contribution is 2.25. The third-order valence-corrected chi connectivity index (χ3v) is 3.14. The van der Waals surface area contributed by atoms with Gasteiger partial charge in [0.25, 0.3) is 0 Å². The van der Waals surface area contributed by atoms with Gasteiger partial charge in [-0.3, -0.25) is 0 Å². The Hall–Kier alpha value is -1.46. The van der Waals surface area contributed by atoms with Crippen molar-refractivity contribution in [1.29, 1.82) is 10.5 Å². The summed E-state index contributed by atoms with van der Waals surface area (Å²) in [6, 6.07) is 3.74. The van der Waals surface area contributed by atoms with Gasteiger partial charge >= 0.3 is 0 Å². The van der Waals surface area contributed by atoms with Crippen LogP contribution in [0.4, 0.5) is 0 Å². The molecule has 78 valence electrons. The van der Waals surface area contributed by atoms with E-state index in [-0.39, 0.29) is 5.57 Å². The van der Waals surface area contributed by atoms with E-state index in [1.807, 2.05) is 12.1 Å². The smallest absolute Gasteiger partial charge is 0.164 e. The number of hydrogen-bond acceptors (Lipinski definition) is 5. The van der Waals surface area contributed by atoms with Crippen molar-refractivity contribution in [3.05, 3.63) is 11.3 Å². The molecule has 0 radical (unpaired) electrons. The summed E-state index contributed by atoms with van der Waals surface area (Å²) in [5.74, 6) is 0.627. The van der Waals surface area contributed by atoms with E-state index >= 15 is 0 Å². The molecule has 5 heteroatoms. The molecule has 0 N–H and O–H groups in total. The molecular weight excluding hydrogens is 208 g/mol. The maximum absolute atomic E-state index is 8.70. The molecule has 0 fully saturated rings. The molecule has 1 aliphatic rings. The van der Waals surface area contributed by atoms with Gasteiger partial charge < -0.3 is 4.90 Å². The van der Waals surface area contributed by atoms with Gasteiger partial charge in [0.15, 0.2) is 10.7 Å². The molecule has 0 spiro atoms. The van der Waals surface area contributed by atoms with Crippen LogP contribution in [0.15, 0.2) is 16.3 Å². The number of amidine groups is 1. The van der Waals surface area contributed by atoms with Crippen LogP contribution in [0.2, 0.25) is 0 Å². The van der Waals surface area contributed by atoms with Gasteiger partial charge in [0.05, 0.1) is 5.70 Å². The summed E-state index contributed by atoms with van der Waals surface area (Å²) >= 11 is 1.58. The minimum atomic E-state index is 0.129. The van der Waals surface area contributed by atoms with Crippen molar-refractivity contribution in [2.24, 2.45) is 4.99 Å². The average molecular weight is 220 g/mol. The first-order valence-electron chi connectivity index (χ1n) is 4.76. The largest absolute Gasteiger partial charge is 0.352 e. The van der Waals surface area contributed by atoms with Crippen LogP contribution < -0.4 is 0 Å². The van der Waals surface area contributed by atoms with E-state index < -0.39 is 0 Å². The van der Waals surface area contributed by atoms with Gasteiger partial charge in [-0.1, -0.05) is 11.8 Å². The molecule has 0 aromatic heterocycles. The number of nitriles is 2. The number of thioether (sulfide) groups is 1. The number of aliphatic imine (C=N–C) groups is 1. The van der Waals surface area contributed by atoms with Gasteiger partial charge in [-0.25, -0.2) is 4.99 Å². The van der Waals surface area contributed by atoms with E-state index in [0.29, 0.717) is 11.4 Å². The Morgan fingerprint density at radius 2 is 2.00 bits per heavy atom. The average Bonchev–Trinajstić information content (AvgIpc) is 2.71. The van der Waals surface area contributed by atoms with E-state index in [2.05, 4.69) is 23.7 Å². The van der Waals surface area contributed by atoms with E-state index in [1.165, 1.54) is 0 Å². The molecule has 15 heavy (non-hydrogen) atoms. The van der Waals surface area contributed by atoms with Crippen LogP contribution in [0, 0.1) is 22.7 Å². The predicted octanol–water partition coefficient (Wildman–Crippen LogP) is 1.73. The SMILES string of the molecule is CCN(CC)C1=NC(=C(C#N)C#N)CS1. The van der Waals surface area contributed by atoms with E-state index in [0.717, 1.165) is 18.3 Å². The third-order valence-electron chi connectivity index (χ3n) is 2.11. The van der Waals surface area contributed by atoms with Crippen LogP contribution in [0.25, 0.3) is 0 Å². The van der Waals surface area contributed by atoms with E-state index in [9.17, 15) is 0 Å². The second-order valence-corrected chi connectivity index (χ2v) is 3.84. The van der Waals surface area contributed by atoms with Crippen molar-refractivity contribution < 1.29 is 0 Å². The standard InChI is InChI=1S/C10H12N4S/c1-3-14(4-2)10-13-9(7-15-10)8(5-11)6-12/h3-4,7H2,1-2H3. The van der Waals surface area contributed by atoms with Gasteiger partial charge in [0, 0.05) is 18.8 Å². The minimum Gasteiger partial charge on any atom is -0.352 e. The Labute approximate surface area is 93.9 Å². The van der Waals surface area contributed by atoms with Gasteiger partial charge in [-0.05, 0) is 13.8 Å². The lowest BCUT2D eigenvalue weighted by Gasteiger charge is -2.18. The quantitative estimate of drug-likeness (QED) is 0.665. The maximum atomic E-state index is 8.70. The zero-order valence-corrected chi connectivity index (χ0v) is 9.63. The van der Waals surface area contributed by atoms with Crippen molar-refractivity contribution >= 4 is 16.9 Å². The molecule has 0 aliphatic carbocycles. The van der Waals surface area contributed by atoms with Crippen LogP contribution in [0.1, 0.15) is 13.8 Å². The Bertz CT molecular complexity index is 363. The van der Waals surface area contributed by atoms with Crippen molar-refractivity contribution in [3.8, 4) is 12.1 Å². The number of rotatable bonds is 2. The second kappa shape index (κ2) is 5.43. The van der Waals surface area contributed by atoms with Crippen molar-refractivity contribution in [2.75, 3.05) is 18.8 Å². The molecular formula is C10H12N4S. The van der Waals surface area contributed by atoms with Crippen molar-refractivity contribution in [2.45, 2.75) is 13.8 Å². The maximum Gasteiger partial charge on any atom is 0.164 e. The monoisotopic (exact) mass is 220 g/mol. The van der Waals surface area contributed by atoms with Crippen LogP contribution in [-0.4, -0.2) is 28.9 Å². The summed E-state index contributed by atoms with van der Waals surface area (Å²) in [7, 11) is 0. The first-order valence-corrected chi connectivity index (χ1v) is 5.75. The molecule has 0 atom stereocenters. The zero-order valence-electron chi connectivity index (χ0n) is 8.82. The molecule has 1 heterocycles. The van der Waals surface area contributed by atoms with Gasteiger partial charge in [0.1, 0.15) is 12.1 Å². The lowest BCUT2D eigenvalue weighted by molar-refractivity contribution is 0.475. The summed E-state index contributed by atoms with van der Waals surface area (Å²) < 4.78 is 0. The molecule has 0 aromatic carbocycles. The molecule has 0 saturated carbocycles. The second-order valence-electron chi connectivity index (χ2n) is 2.90. The molecule has 0 saturated heterocycles. The normalized spacial score (nSPS) is 14.1. The molecule has 0 bridgehead atoms. The highest BCUT2D eigenvalue weighted by atomic mass is 32.2. The van der Waals surface area contributed by atoms with Gasteiger partial charge in [-0.2, -0.15) is 10.5 Å². The molecule has 0 amide bonds. The molecule has 1 aliphatic heterocycles. The Balaban J connectivity index is 2.93. The topological polar surface area (TPSA) is 63.2 Å². The van der Waals surface area contributed by atoms with Crippen LogP contribution >= 0.6 is 11.8 Å². The van der Waals surface area contributed by atoms with Crippen LogP contribution in [-0.2, 0) is 0 Å². The van der Waals surface area contributed by atoms with Crippen LogP contribution in [0.3, 0.4) is 0 Å². The highest BCUT2D eigenvalue weighted by molar-refractivity contribution is 8.14. The number of allylic oxidation sites excluding steroid dienone is 1. The number of nitrogens with zero attached hydrogens (tertiary/aromatic N) is 4. The summed E-state index contributed by atoms with van der Waals surface area (Å²) in [5.41, 5.74) is 0.733. The van der Waals surface area contributed by atoms with Gasteiger partial charge in [0.2, 0.25) is 0 Å². The first-order chi connectivity index (χ1) is 7.26. The van der Waals surface area contributed by atoms with Crippen molar-refractivity contribution in [3.63, 3.8) is 0 Å². The molecule has 0 aromatic rings. The fourth-order valence-corrected chi connectivity index (χ4v) is 2.34. The zero-order chi connectivity index (χ0) is 11.3. The third kappa shape index (κ3) is 2.51. The Morgan fingerprint density at radius 3 is 2.47 bits per heavy atom. The van der Waals surface area contributed by atoms with E-state index in [1.54, 1.807) is 11.8 Å². The Kier molecular flexibility index (Phi) is 4.20. The fraction of sp³-hybridized carbons (Fsp3) is 0.500. The lowest BCUT2D eigenvalue weighted by atomic mass is 10.3. The van der Waals surface area contributed by atoms with Crippen LogP contribution in [0.5, 0.6) is 0 Å². The summed E-state index contributed by atoms with van der Waals surface area (Å²) in [6.45, 7) is 5.90. The van der Waals surface area contributed by atoms with E-state index in [4.69, 9.17) is 10.5 Å². The summed E-state index contributed by atoms with van der Waals surface area (Å²) in [5, 5.41) is 18.3.